The van der Waals surface area contributed by atoms with Crippen molar-refractivity contribution in [3.05, 3.63) is 35.1 Å². The van der Waals surface area contributed by atoms with E-state index < -0.39 is 17.6 Å². The predicted molar refractivity (Wildman–Crippen MR) is 62.1 cm³/mol. The number of rotatable bonds is 3. The van der Waals surface area contributed by atoms with E-state index in [-0.39, 0.29) is 18.7 Å². The van der Waals surface area contributed by atoms with Gasteiger partial charge in [0.25, 0.3) is 0 Å². The van der Waals surface area contributed by atoms with Gasteiger partial charge < -0.3 is 10.1 Å². The van der Waals surface area contributed by atoms with Crippen LogP contribution in [0.2, 0.25) is 0 Å². The van der Waals surface area contributed by atoms with Crippen LogP contribution in [0.4, 0.5) is 17.6 Å². The molecule has 2 unspecified atom stereocenters. The van der Waals surface area contributed by atoms with Gasteiger partial charge in [0.1, 0.15) is 5.82 Å². The second-order valence-electron chi connectivity index (χ2n) is 4.66. The van der Waals surface area contributed by atoms with Crippen LogP contribution in [0.3, 0.4) is 0 Å². The van der Waals surface area contributed by atoms with Gasteiger partial charge in [-0.3, -0.25) is 0 Å². The lowest BCUT2D eigenvalue weighted by atomic mass is 10.1. The molecule has 1 heterocycles. The third-order valence-corrected chi connectivity index (χ3v) is 3.28. The highest BCUT2D eigenvalue weighted by atomic mass is 19.4. The van der Waals surface area contributed by atoms with Crippen LogP contribution < -0.4 is 5.32 Å². The van der Waals surface area contributed by atoms with Crippen LogP contribution in [0.15, 0.2) is 18.2 Å². The second-order valence-corrected chi connectivity index (χ2v) is 4.66. The standard InChI is InChI=1S/C13H15F4NO/c1-8-12(4-5-19-8)18-7-9-2-3-11(14)10(6-9)13(15,16)17/h2-3,6,8,12,18H,4-5,7H2,1H3. The third-order valence-electron chi connectivity index (χ3n) is 3.28. The van der Waals surface area contributed by atoms with Crippen LogP contribution >= 0.6 is 0 Å². The number of halogens is 4. The molecule has 0 saturated carbocycles. The summed E-state index contributed by atoms with van der Waals surface area (Å²) in [6.07, 6.45) is -3.79. The van der Waals surface area contributed by atoms with E-state index >= 15 is 0 Å². The van der Waals surface area contributed by atoms with E-state index in [0.29, 0.717) is 12.2 Å². The molecule has 1 aliphatic rings. The van der Waals surface area contributed by atoms with E-state index in [9.17, 15) is 17.6 Å². The Hall–Kier alpha value is -1.14. The zero-order chi connectivity index (χ0) is 14.0. The molecule has 0 radical (unpaired) electrons. The van der Waals surface area contributed by atoms with Crippen molar-refractivity contribution < 1.29 is 22.3 Å². The minimum atomic E-state index is -4.66. The van der Waals surface area contributed by atoms with Crippen molar-refractivity contribution in [1.29, 1.82) is 0 Å². The van der Waals surface area contributed by atoms with Gasteiger partial charge >= 0.3 is 6.18 Å². The lowest BCUT2D eigenvalue weighted by Crippen LogP contribution is -2.34. The number of hydrogen-bond donors (Lipinski definition) is 1. The zero-order valence-electron chi connectivity index (χ0n) is 10.4. The quantitative estimate of drug-likeness (QED) is 0.857. The monoisotopic (exact) mass is 277 g/mol. The van der Waals surface area contributed by atoms with E-state index in [0.717, 1.165) is 18.6 Å². The van der Waals surface area contributed by atoms with Gasteiger partial charge in [0.2, 0.25) is 0 Å². The summed E-state index contributed by atoms with van der Waals surface area (Å²) in [5.74, 6) is -1.24. The fraction of sp³-hybridized carbons (Fsp3) is 0.538. The van der Waals surface area contributed by atoms with Crippen LogP contribution in [0, 0.1) is 5.82 Å². The topological polar surface area (TPSA) is 21.3 Å². The molecular weight excluding hydrogens is 262 g/mol. The smallest absolute Gasteiger partial charge is 0.377 e. The Bertz CT molecular complexity index is 447. The van der Waals surface area contributed by atoms with Crippen molar-refractivity contribution in [3.63, 3.8) is 0 Å². The minimum Gasteiger partial charge on any atom is -0.377 e. The highest BCUT2D eigenvalue weighted by Gasteiger charge is 2.34. The maximum absolute atomic E-state index is 13.1. The van der Waals surface area contributed by atoms with Gasteiger partial charge in [-0.05, 0) is 31.0 Å². The van der Waals surface area contributed by atoms with Gasteiger partial charge in [-0.25, -0.2) is 4.39 Å². The van der Waals surface area contributed by atoms with E-state index in [1.807, 2.05) is 6.92 Å². The average Bonchev–Trinajstić information content (AvgIpc) is 2.72. The van der Waals surface area contributed by atoms with Gasteiger partial charge in [-0.2, -0.15) is 13.2 Å². The lowest BCUT2D eigenvalue weighted by Gasteiger charge is -2.16. The predicted octanol–water partition coefficient (Wildman–Crippen LogP) is 3.11. The number of hydrogen-bond acceptors (Lipinski definition) is 2. The van der Waals surface area contributed by atoms with Crippen molar-refractivity contribution in [3.8, 4) is 0 Å². The molecule has 0 bridgehead atoms. The molecular formula is C13H15F4NO. The first-order valence-electron chi connectivity index (χ1n) is 6.08. The molecule has 19 heavy (non-hydrogen) atoms. The molecule has 6 heteroatoms. The third kappa shape index (κ3) is 3.45. The molecule has 1 aromatic rings. The maximum atomic E-state index is 13.1. The first-order chi connectivity index (χ1) is 8.88. The number of ether oxygens (including phenoxy) is 1. The van der Waals surface area contributed by atoms with E-state index in [1.165, 1.54) is 6.07 Å². The molecule has 1 saturated heterocycles. The van der Waals surface area contributed by atoms with Crippen LogP contribution in [0.1, 0.15) is 24.5 Å². The second kappa shape index (κ2) is 5.46. The van der Waals surface area contributed by atoms with E-state index in [1.54, 1.807) is 0 Å². The molecule has 0 aliphatic carbocycles. The summed E-state index contributed by atoms with van der Waals surface area (Å²) in [6.45, 7) is 2.83. The molecule has 2 atom stereocenters. The number of benzene rings is 1. The Kier molecular flexibility index (Phi) is 4.10. The highest BCUT2D eigenvalue weighted by Crippen LogP contribution is 2.31. The molecule has 2 nitrogen and oxygen atoms in total. The highest BCUT2D eigenvalue weighted by molar-refractivity contribution is 5.27. The molecule has 2 rings (SSSR count). The van der Waals surface area contributed by atoms with Crippen LogP contribution in [0.5, 0.6) is 0 Å². The van der Waals surface area contributed by atoms with Gasteiger partial charge in [0.05, 0.1) is 11.7 Å². The molecule has 0 spiro atoms. The van der Waals surface area contributed by atoms with Gasteiger partial charge in [-0.15, -0.1) is 0 Å². The molecule has 1 fully saturated rings. The normalized spacial score (nSPS) is 23.8. The largest absolute Gasteiger partial charge is 0.419 e. The Labute approximate surface area is 108 Å². The summed E-state index contributed by atoms with van der Waals surface area (Å²) in [7, 11) is 0. The Balaban J connectivity index is 2.05. The molecule has 1 aliphatic heterocycles. The summed E-state index contributed by atoms with van der Waals surface area (Å²) in [5.41, 5.74) is -0.810. The summed E-state index contributed by atoms with van der Waals surface area (Å²) in [5, 5.41) is 3.13. The fourth-order valence-corrected chi connectivity index (χ4v) is 2.15. The van der Waals surface area contributed by atoms with Crippen LogP contribution in [0.25, 0.3) is 0 Å². The van der Waals surface area contributed by atoms with Gasteiger partial charge in [0, 0.05) is 19.2 Å². The van der Waals surface area contributed by atoms with Crippen molar-refractivity contribution in [2.75, 3.05) is 6.61 Å². The van der Waals surface area contributed by atoms with Crippen molar-refractivity contribution >= 4 is 0 Å². The maximum Gasteiger partial charge on any atom is 0.419 e. The van der Waals surface area contributed by atoms with E-state index in [4.69, 9.17) is 4.74 Å². The average molecular weight is 277 g/mol. The summed E-state index contributed by atoms with van der Waals surface area (Å²) in [4.78, 5) is 0. The van der Waals surface area contributed by atoms with Crippen LogP contribution in [-0.2, 0) is 17.5 Å². The summed E-state index contributed by atoms with van der Waals surface area (Å²) < 4.78 is 56.1. The zero-order valence-corrected chi connectivity index (χ0v) is 10.4. The molecule has 0 amide bonds. The molecule has 1 N–H and O–H groups in total. The van der Waals surface area contributed by atoms with Gasteiger partial charge in [-0.1, -0.05) is 6.07 Å². The molecule has 1 aromatic carbocycles. The van der Waals surface area contributed by atoms with Gasteiger partial charge in [0.15, 0.2) is 0 Å². The van der Waals surface area contributed by atoms with E-state index in [2.05, 4.69) is 5.32 Å². The number of nitrogens with one attached hydrogen (secondary N) is 1. The fourth-order valence-electron chi connectivity index (χ4n) is 2.15. The Morgan fingerprint density at radius 3 is 2.68 bits per heavy atom. The molecule has 106 valence electrons. The Morgan fingerprint density at radius 1 is 1.37 bits per heavy atom. The Morgan fingerprint density at radius 2 is 2.11 bits per heavy atom. The van der Waals surface area contributed by atoms with Crippen molar-refractivity contribution in [1.82, 2.24) is 5.32 Å². The lowest BCUT2D eigenvalue weighted by molar-refractivity contribution is -0.140. The minimum absolute atomic E-state index is 0.0440. The first kappa shape index (κ1) is 14.3. The summed E-state index contributed by atoms with van der Waals surface area (Å²) >= 11 is 0. The molecule has 0 aromatic heterocycles. The summed E-state index contributed by atoms with van der Waals surface area (Å²) in [6, 6.07) is 3.19. The van der Waals surface area contributed by atoms with Crippen molar-refractivity contribution in [2.45, 2.75) is 38.2 Å². The first-order valence-corrected chi connectivity index (χ1v) is 6.08. The van der Waals surface area contributed by atoms with Crippen molar-refractivity contribution in [2.24, 2.45) is 0 Å². The van der Waals surface area contributed by atoms with Crippen LogP contribution in [-0.4, -0.2) is 18.8 Å². The SMILES string of the molecule is CC1OCCC1NCc1ccc(F)c(C(F)(F)F)c1. The number of alkyl halides is 3.